The number of ketones is 1. The predicted molar refractivity (Wildman–Crippen MR) is 137 cm³/mol. The monoisotopic (exact) mass is 472 g/mol. The number of rotatable bonds is 7. The van der Waals surface area contributed by atoms with Gasteiger partial charge in [0.05, 0.1) is 0 Å². The Hall–Kier alpha value is -3.97. The first kappa shape index (κ1) is 24.2. The number of guanidine groups is 1. The van der Waals surface area contributed by atoms with Crippen LogP contribution in [0.15, 0.2) is 89.6 Å². The van der Waals surface area contributed by atoms with Crippen molar-refractivity contribution in [3.63, 3.8) is 0 Å². The number of aliphatic imine (C=N–C) groups is 1. The summed E-state index contributed by atoms with van der Waals surface area (Å²) in [5.74, 6) is -0.344. The van der Waals surface area contributed by atoms with Gasteiger partial charge in [0.25, 0.3) is 0 Å². The summed E-state index contributed by atoms with van der Waals surface area (Å²) in [5, 5.41) is 12.2. The normalized spacial score (nSPS) is 16.8. The van der Waals surface area contributed by atoms with E-state index in [2.05, 4.69) is 10.3 Å². The van der Waals surface area contributed by atoms with E-state index < -0.39 is 0 Å². The molecule has 4 rings (SSSR count). The molecule has 1 atom stereocenters. The topological polar surface area (TPSA) is 91.0 Å². The standard InChI is InChI=1S/C28H29FN4O2/c1-33(18-31-28(30)32-21-8-6-7-19(15-21)13-14-34)17-20-16-25(23-10-4-5-12-26(23)29)22-9-2-3-11-24(22)27(20)35/h2-12,15,17,25,34H,13-14,16,18H2,1H3,(H3,30,31,32)/b20-17+/t25-/m1/s1. The first-order chi connectivity index (χ1) is 17.0. The van der Waals surface area contributed by atoms with Gasteiger partial charge in [-0.15, -0.1) is 0 Å². The maximum atomic E-state index is 14.6. The molecule has 0 heterocycles. The Morgan fingerprint density at radius 2 is 1.89 bits per heavy atom. The molecule has 7 heteroatoms. The van der Waals surface area contributed by atoms with E-state index in [0.717, 1.165) is 16.8 Å². The Labute approximate surface area is 204 Å². The van der Waals surface area contributed by atoms with Gasteiger partial charge in [-0.3, -0.25) is 4.79 Å². The molecule has 0 radical (unpaired) electrons. The van der Waals surface area contributed by atoms with Gasteiger partial charge in [-0.2, -0.15) is 0 Å². The number of carbonyl (C=O) groups excluding carboxylic acids is 1. The van der Waals surface area contributed by atoms with Crippen LogP contribution in [-0.2, 0) is 6.42 Å². The van der Waals surface area contributed by atoms with E-state index in [1.807, 2.05) is 55.6 Å². The number of halogens is 1. The van der Waals surface area contributed by atoms with Gasteiger partial charge in [0.1, 0.15) is 12.5 Å². The number of fused-ring (bicyclic) bond motifs is 1. The Kier molecular flexibility index (Phi) is 7.57. The highest BCUT2D eigenvalue weighted by Crippen LogP contribution is 2.39. The molecule has 0 bridgehead atoms. The van der Waals surface area contributed by atoms with Crippen molar-refractivity contribution in [1.29, 1.82) is 0 Å². The highest BCUT2D eigenvalue weighted by molar-refractivity contribution is 6.11. The molecular formula is C28H29FN4O2. The number of nitrogens with zero attached hydrogens (tertiary/aromatic N) is 2. The minimum atomic E-state index is -0.277. The fourth-order valence-corrected chi connectivity index (χ4v) is 4.37. The molecule has 0 saturated carbocycles. The average Bonchev–Trinajstić information content (AvgIpc) is 2.85. The van der Waals surface area contributed by atoms with Crippen LogP contribution in [0.2, 0.25) is 0 Å². The molecule has 0 aliphatic heterocycles. The number of anilines is 1. The number of aliphatic hydroxyl groups is 1. The molecule has 0 spiro atoms. The van der Waals surface area contributed by atoms with Gasteiger partial charge in [-0.25, -0.2) is 9.38 Å². The molecule has 180 valence electrons. The van der Waals surface area contributed by atoms with Gasteiger partial charge in [-0.05, 0) is 47.7 Å². The first-order valence-corrected chi connectivity index (χ1v) is 11.5. The highest BCUT2D eigenvalue weighted by atomic mass is 19.1. The summed E-state index contributed by atoms with van der Waals surface area (Å²) < 4.78 is 14.6. The average molecular weight is 473 g/mol. The number of hydrogen-bond donors (Lipinski definition) is 3. The maximum Gasteiger partial charge on any atom is 0.194 e. The Morgan fingerprint density at radius 3 is 2.66 bits per heavy atom. The molecule has 4 N–H and O–H groups in total. The first-order valence-electron chi connectivity index (χ1n) is 11.5. The number of carbonyl (C=O) groups is 1. The lowest BCUT2D eigenvalue weighted by Gasteiger charge is -2.28. The minimum Gasteiger partial charge on any atom is -0.396 e. The van der Waals surface area contributed by atoms with Crippen LogP contribution in [0.3, 0.4) is 0 Å². The van der Waals surface area contributed by atoms with Crippen LogP contribution >= 0.6 is 0 Å². The van der Waals surface area contributed by atoms with Crippen LogP contribution in [0, 0.1) is 5.82 Å². The van der Waals surface area contributed by atoms with Gasteiger partial charge < -0.3 is 21.1 Å². The summed E-state index contributed by atoms with van der Waals surface area (Å²) in [5.41, 5.74) is 10.4. The van der Waals surface area contributed by atoms with Crippen molar-refractivity contribution in [2.75, 3.05) is 25.6 Å². The van der Waals surface area contributed by atoms with Crippen LogP contribution in [-0.4, -0.2) is 42.1 Å². The zero-order valence-electron chi connectivity index (χ0n) is 19.6. The fourth-order valence-electron chi connectivity index (χ4n) is 4.37. The predicted octanol–water partition coefficient (Wildman–Crippen LogP) is 4.28. The van der Waals surface area contributed by atoms with Gasteiger partial charge in [-0.1, -0.05) is 54.6 Å². The van der Waals surface area contributed by atoms with E-state index in [9.17, 15) is 9.18 Å². The van der Waals surface area contributed by atoms with E-state index in [4.69, 9.17) is 10.8 Å². The highest BCUT2D eigenvalue weighted by Gasteiger charge is 2.31. The zero-order chi connectivity index (χ0) is 24.8. The van der Waals surface area contributed by atoms with Gasteiger partial charge in [0, 0.05) is 42.6 Å². The lowest BCUT2D eigenvalue weighted by atomic mass is 9.76. The summed E-state index contributed by atoms with van der Waals surface area (Å²) >= 11 is 0. The molecule has 3 aromatic carbocycles. The molecule has 0 aromatic heterocycles. The fraction of sp³-hybridized carbons (Fsp3) is 0.214. The van der Waals surface area contributed by atoms with Crippen LogP contribution in [0.25, 0.3) is 0 Å². The Morgan fingerprint density at radius 1 is 1.14 bits per heavy atom. The summed E-state index contributed by atoms with van der Waals surface area (Å²) in [6, 6.07) is 21.7. The molecule has 3 aromatic rings. The second-order valence-corrected chi connectivity index (χ2v) is 8.59. The van der Waals surface area contributed by atoms with E-state index in [1.54, 1.807) is 29.3 Å². The molecule has 1 aliphatic carbocycles. The van der Waals surface area contributed by atoms with Crippen LogP contribution in [0.4, 0.5) is 10.1 Å². The molecule has 35 heavy (non-hydrogen) atoms. The smallest absolute Gasteiger partial charge is 0.194 e. The number of nitrogens with two attached hydrogens (primary N) is 1. The number of benzene rings is 3. The van der Waals surface area contributed by atoms with Crippen molar-refractivity contribution in [3.8, 4) is 0 Å². The number of Topliss-reactive ketones (excluding diaryl/α,β-unsaturated/α-hetero) is 1. The molecule has 1 aliphatic rings. The van der Waals surface area contributed by atoms with Crippen LogP contribution in [0.5, 0.6) is 0 Å². The molecule has 0 unspecified atom stereocenters. The van der Waals surface area contributed by atoms with Gasteiger partial charge >= 0.3 is 0 Å². The van der Waals surface area contributed by atoms with Crippen LogP contribution in [0.1, 0.15) is 39.4 Å². The summed E-state index contributed by atoms with van der Waals surface area (Å²) in [6.45, 7) is 0.311. The SMILES string of the molecule is CN(/C=C1\C[C@@H](c2ccccc2F)c2ccccc2C1=O)CN=C(N)Nc1cccc(CCO)c1. The van der Waals surface area contributed by atoms with E-state index in [0.29, 0.717) is 29.5 Å². The lowest BCUT2D eigenvalue weighted by Crippen LogP contribution is -2.26. The second kappa shape index (κ2) is 11.0. The van der Waals surface area contributed by atoms with Crippen molar-refractivity contribution >= 4 is 17.4 Å². The molecule has 0 amide bonds. The van der Waals surface area contributed by atoms with Crippen molar-refractivity contribution in [3.05, 3.63) is 113 Å². The lowest BCUT2D eigenvalue weighted by molar-refractivity contribution is 0.102. The van der Waals surface area contributed by atoms with E-state index in [-0.39, 0.29) is 36.8 Å². The second-order valence-electron chi connectivity index (χ2n) is 8.59. The summed E-state index contributed by atoms with van der Waals surface area (Å²) in [4.78, 5) is 19.4. The quantitative estimate of drug-likeness (QED) is 0.271. The van der Waals surface area contributed by atoms with Crippen molar-refractivity contribution in [2.24, 2.45) is 10.7 Å². The number of aliphatic hydroxyl groups excluding tert-OH is 1. The maximum absolute atomic E-state index is 14.6. The zero-order valence-corrected chi connectivity index (χ0v) is 19.6. The third kappa shape index (κ3) is 5.75. The van der Waals surface area contributed by atoms with Crippen molar-refractivity contribution < 1.29 is 14.3 Å². The Bertz CT molecular complexity index is 1270. The molecule has 6 nitrogen and oxygen atoms in total. The van der Waals surface area contributed by atoms with E-state index in [1.165, 1.54) is 6.07 Å². The Balaban J connectivity index is 1.51. The molecule has 0 fully saturated rings. The summed E-state index contributed by atoms with van der Waals surface area (Å²) in [7, 11) is 1.82. The molecular weight excluding hydrogens is 443 g/mol. The summed E-state index contributed by atoms with van der Waals surface area (Å²) in [6.07, 6.45) is 2.73. The van der Waals surface area contributed by atoms with Crippen molar-refractivity contribution in [1.82, 2.24) is 4.90 Å². The number of nitrogens with one attached hydrogen (secondary N) is 1. The third-order valence-electron chi connectivity index (χ3n) is 6.02. The largest absolute Gasteiger partial charge is 0.396 e. The van der Waals surface area contributed by atoms with Crippen molar-refractivity contribution in [2.45, 2.75) is 18.8 Å². The van der Waals surface area contributed by atoms with Crippen LogP contribution < -0.4 is 11.1 Å². The van der Waals surface area contributed by atoms with Gasteiger partial charge in [0.2, 0.25) is 0 Å². The van der Waals surface area contributed by atoms with Gasteiger partial charge in [0.15, 0.2) is 11.7 Å². The van der Waals surface area contributed by atoms with E-state index >= 15 is 0 Å². The molecule has 0 saturated heterocycles. The number of hydrogen-bond acceptors (Lipinski definition) is 4. The minimum absolute atomic E-state index is 0.0594. The number of allylic oxidation sites excluding steroid dienone is 1. The third-order valence-corrected chi connectivity index (χ3v) is 6.02.